The van der Waals surface area contributed by atoms with E-state index in [1.807, 2.05) is 12.1 Å². The highest BCUT2D eigenvalue weighted by Crippen LogP contribution is 2.35. The highest BCUT2D eigenvalue weighted by Gasteiger charge is 2.27. The van der Waals surface area contributed by atoms with Gasteiger partial charge in [-0.25, -0.2) is 4.39 Å². The van der Waals surface area contributed by atoms with Gasteiger partial charge in [0.2, 0.25) is 0 Å². The Morgan fingerprint density at radius 1 is 1.11 bits per heavy atom. The van der Waals surface area contributed by atoms with E-state index >= 15 is 0 Å². The summed E-state index contributed by atoms with van der Waals surface area (Å²) >= 11 is 0. The van der Waals surface area contributed by atoms with Gasteiger partial charge in [0.15, 0.2) is 0 Å². The number of fused-ring (bicyclic) bond motifs is 1. The van der Waals surface area contributed by atoms with Gasteiger partial charge in [0, 0.05) is 6.04 Å². The van der Waals surface area contributed by atoms with Gasteiger partial charge in [0.1, 0.15) is 5.82 Å². The van der Waals surface area contributed by atoms with Crippen molar-refractivity contribution in [3.05, 3.63) is 71.0 Å². The van der Waals surface area contributed by atoms with Crippen molar-refractivity contribution in [1.29, 1.82) is 0 Å². The zero-order chi connectivity index (χ0) is 13.2. The number of nitrogens with two attached hydrogens (primary N) is 1. The van der Waals surface area contributed by atoms with E-state index in [-0.39, 0.29) is 11.9 Å². The quantitative estimate of drug-likeness (QED) is 0.893. The predicted octanol–water partition coefficient (Wildman–Crippen LogP) is 3.43. The normalized spacial score (nSPS) is 19.2. The molecule has 2 unspecified atom stereocenters. The third-order valence-electron chi connectivity index (χ3n) is 4.11. The topological polar surface area (TPSA) is 26.0 Å². The molecule has 3 rings (SSSR count). The van der Waals surface area contributed by atoms with Gasteiger partial charge in [-0.3, -0.25) is 0 Å². The molecule has 0 fully saturated rings. The highest BCUT2D eigenvalue weighted by molar-refractivity contribution is 5.36. The largest absolute Gasteiger partial charge is 0.327 e. The number of hydrogen-bond donors (Lipinski definition) is 1. The van der Waals surface area contributed by atoms with Crippen molar-refractivity contribution in [2.75, 3.05) is 0 Å². The molecule has 0 aliphatic heterocycles. The Kier molecular flexibility index (Phi) is 3.34. The molecule has 0 heterocycles. The molecule has 1 aliphatic carbocycles. The van der Waals surface area contributed by atoms with E-state index in [2.05, 4.69) is 24.3 Å². The van der Waals surface area contributed by atoms with Crippen LogP contribution in [0, 0.1) is 5.82 Å². The van der Waals surface area contributed by atoms with Gasteiger partial charge in [-0.1, -0.05) is 42.5 Å². The van der Waals surface area contributed by atoms with Crippen LogP contribution >= 0.6 is 0 Å². The first kappa shape index (κ1) is 12.4. The molecule has 0 amide bonds. The third kappa shape index (κ3) is 2.41. The minimum absolute atomic E-state index is 0.0134. The average molecular weight is 255 g/mol. The molecule has 2 N–H and O–H groups in total. The zero-order valence-electron chi connectivity index (χ0n) is 10.9. The lowest BCUT2D eigenvalue weighted by Gasteiger charge is -2.20. The zero-order valence-corrected chi connectivity index (χ0v) is 10.9. The van der Waals surface area contributed by atoms with Crippen LogP contribution in [0.4, 0.5) is 4.39 Å². The fraction of sp³-hybridized carbons (Fsp3) is 0.294. The van der Waals surface area contributed by atoms with E-state index in [0.717, 1.165) is 18.4 Å². The lowest BCUT2D eigenvalue weighted by atomic mass is 9.89. The average Bonchev–Trinajstić information content (AvgIpc) is 2.85. The maximum absolute atomic E-state index is 13.7. The number of rotatable bonds is 3. The molecule has 0 aromatic heterocycles. The van der Waals surface area contributed by atoms with Gasteiger partial charge in [-0.2, -0.15) is 0 Å². The summed E-state index contributed by atoms with van der Waals surface area (Å²) in [5.74, 6) is 0.208. The van der Waals surface area contributed by atoms with Gasteiger partial charge in [0.05, 0.1) is 0 Å². The van der Waals surface area contributed by atoms with Crippen LogP contribution in [0.15, 0.2) is 48.5 Å². The summed E-state index contributed by atoms with van der Waals surface area (Å²) < 4.78 is 13.7. The lowest BCUT2D eigenvalue weighted by Crippen LogP contribution is -2.30. The predicted molar refractivity (Wildman–Crippen MR) is 75.6 cm³/mol. The van der Waals surface area contributed by atoms with Crippen LogP contribution in [-0.2, 0) is 12.8 Å². The molecule has 2 atom stereocenters. The molecule has 0 bridgehead atoms. The van der Waals surface area contributed by atoms with E-state index in [1.54, 1.807) is 6.07 Å². The Labute approximate surface area is 113 Å². The van der Waals surface area contributed by atoms with Crippen molar-refractivity contribution < 1.29 is 4.39 Å². The van der Waals surface area contributed by atoms with Gasteiger partial charge in [-0.15, -0.1) is 0 Å². The first-order chi connectivity index (χ1) is 9.25. The molecular formula is C17H18FN. The number of aryl methyl sites for hydroxylation is 1. The second-order valence-corrected chi connectivity index (χ2v) is 5.30. The van der Waals surface area contributed by atoms with Crippen LogP contribution in [-0.4, -0.2) is 6.04 Å². The number of benzene rings is 2. The molecule has 0 saturated heterocycles. The first-order valence-corrected chi connectivity index (χ1v) is 6.82. The smallest absolute Gasteiger partial charge is 0.126 e. The Morgan fingerprint density at radius 2 is 1.84 bits per heavy atom. The van der Waals surface area contributed by atoms with Crippen molar-refractivity contribution in [2.45, 2.75) is 31.2 Å². The molecule has 0 radical (unpaired) electrons. The van der Waals surface area contributed by atoms with Crippen LogP contribution in [0.25, 0.3) is 0 Å². The summed E-state index contributed by atoms with van der Waals surface area (Å²) in [6.45, 7) is 0. The molecular weight excluding hydrogens is 237 g/mol. The van der Waals surface area contributed by atoms with Crippen molar-refractivity contribution in [3.8, 4) is 0 Å². The molecule has 2 aromatic rings. The molecule has 0 spiro atoms. The Hall–Kier alpha value is -1.67. The molecule has 19 heavy (non-hydrogen) atoms. The lowest BCUT2D eigenvalue weighted by molar-refractivity contribution is 0.510. The number of halogens is 1. The van der Waals surface area contributed by atoms with Crippen LogP contribution in [0.1, 0.15) is 29.0 Å². The van der Waals surface area contributed by atoms with E-state index in [0.29, 0.717) is 12.3 Å². The standard InChI is InChI=1S/C17H18FN/c18-16-8-4-2-6-13(16)11-17(19)15-10-9-12-5-1-3-7-14(12)15/h1-8,15,17H,9-11,19H2. The fourth-order valence-corrected chi connectivity index (χ4v) is 3.09. The SMILES string of the molecule is NC(Cc1ccccc1F)C1CCc2ccccc21. The molecule has 2 heteroatoms. The minimum Gasteiger partial charge on any atom is -0.327 e. The van der Waals surface area contributed by atoms with Crippen molar-refractivity contribution >= 4 is 0 Å². The Bertz CT molecular complexity index is 579. The summed E-state index contributed by atoms with van der Waals surface area (Å²) in [5, 5.41) is 0. The van der Waals surface area contributed by atoms with E-state index < -0.39 is 0 Å². The maximum atomic E-state index is 13.7. The van der Waals surface area contributed by atoms with Gasteiger partial charge < -0.3 is 5.73 Å². The van der Waals surface area contributed by atoms with Gasteiger partial charge in [-0.05, 0) is 47.9 Å². The molecule has 1 nitrogen and oxygen atoms in total. The second-order valence-electron chi connectivity index (χ2n) is 5.30. The van der Waals surface area contributed by atoms with Crippen LogP contribution in [0.5, 0.6) is 0 Å². The molecule has 98 valence electrons. The second kappa shape index (κ2) is 5.14. The maximum Gasteiger partial charge on any atom is 0.126 e. The van der Waals surface area contributed by atoms with E-state index in [1.165, 1.54) is 17.2 Å². The van der Waals surface area contributed by atoms with Crippen molar-refractivity contribution in [1.82, 2.24) is 0 Å². The van der Waals surface area contributed by atoms with Crippen LogP contribution < -0.4 is 5.73 Å². The molecule has 1 aliphatic rings. The number of hydrogen-bond acceptors (Lipinski definition) is 1. The Morgan fingerprint density at radius 3 is 2.68 bits per heavy atom. The fourth-order valence-electron chi connectivity index (χ4n) is 3.09. The van der Waals surface area contributed by atoms with Crippen molar-refractivity contribution in [2.24, 2.45) is 5.73 Å². The Balaban J connectivity index is 1.79. The molecule has 2 aromatic carbocycles. The van der Waals surface area contributed by atoms with Crippen LogP contribution in [0.3, 0.4) is 0 Å². The summed E-state index contributed by atoms with van der Waals surface area (Å²) in [5.41, 5.74) is 9.80. The minimum atomic E-state index is -0.149. The van der Waals surface area contributed by atoms with E-state index in [9.17, 15) is 4.39 Å². The van der Waals surface area contributed by atoms with Gasteiger partial charge in [0.25, 0.3) is 0 Å². The summed E-state index contributed by atoms with van der Waals surface area (Å²) in [7, 11) is 0. The van der Waals surface area contributed by atoms with Gasteiger partial charge >= 0.3 is 0 Å². The van der Waals surface area contributed by atoms with Crippen LogP contribution in [0.2, 0.25) is 0 Å². The van der Waals surface area contributed by atoms with Crippen molar-refractivity contribution in [3.63, 3.8) is 0 Å². The summed E-state index contributed by atoms with van der Waals surface area (Å²) in [6.07, 6.45) is 2.77. The summed E-state index contributed by atoms with van der Waals surface area (Å²) in [4.78, 5) is 0. The van der Waals surface area contributed by atoms with E-state index in [4.69, 9.17) is 5.73 Å². The first-order valence-electron chi connectivity index (χ1n) is 6.82. The third-order valence-corrected chi connectivity index (χ3v) is 4.11. The highest BCUT2D eigenvalue weighted by atomic mass is 19.1. The molecule has 0 saturated carbocycles. The monoisotopic (exact) mass is 255 g/mol. The summed E-state index contributed by atoms with van der Waals surface area (Å²) in [6, 6.07) is 15.4.